The third kappa shape index (κ3) is 2.56. The van der Waals surface area contributed by atoms with Gasteiger partial charge < -0.3 is 10.1 Å². The van der Waals surface area contributed by atoms with Crippen LogP contribution in [-0.4, -0.2) is 29.6 Å². The summed E-state index contributed by atoms with van der Waals surface area (Å²) in [6.07, 6.45) is 1.21. The second-order valence-corrected chi connectivity index (χ2v) is 4.86. The van der Waals surface area contributed by atoms with E-state index in [4.69, 9.17) is 4.74 Å². The molecule has 1 fully saturated rings. The van der Waals surface area contributed by atoms with Crippen molar-refractivity contribution in [3.63, 3.8) is 0 Å². The monoisotopic (exact) mass is 224 g/mol. The van der Waals surface area contributed by atoms with Gasteiger partial charge in [0.05, 0.1) is 7.11 Å². The molecule has 0 saturated carbocycles. The van der Waals surface area contributed by atoms with E-state index in [1.54, 1.807) is 7.11 Å². The van der Waals surface area contributed by atoms with Crippen LogP contribution in [0.5, 0.6) is 5.75 Å². The molecule has 1 saturated heterocycles. The molecule has 0 spiro atoms. The second kappa shape index (κ2) is 4.75. The topological polar surface area (TPSA) is 34.1 Å². The van der Waals surface area contributed by atoms with Crippen LogP contribution >= 0.6 is 11.8 Å². The Morgan fingerprint density at radius 2 is 2.40 bits per heavy atom. The van der Waals surface area contributed by atoms with E-state index in [1.807, 2.05) is 30.8 Å². The molecular formula is C11H16N2OS. The first-order valence-electron chi connectivity index (χ1n) is 5.15. The normalized spacial score (nSPS) is 20.3. The summed E-state index contributed by atoms with van der Waals surface area (Å²) in [5.74, 6) is 4.12. The molecule has 0 bridgehead atoms. The fourth-order valence-electron chi connectivity index (χ4n) is 1.65. The summed E-state index contributed by atoms with van der Waals surface area (Å²) in [5.41, 5.74) is 1.02. The van der Waals surface area contributed by atoms with Crippen molar-refractivity contribution in [1.29, 1.82) is 0 Å². The zero-order valence-electron chi connectivity index (χ0n) is 9.12. The van der Waals surface area contributed by atoms with Crippen LogP contribution in [0.3, 0.4) is 0 Å². The van der Waals surface area contributed by atoms with E-state index in [9.17, 15) is 0 Å². The van der Waals surface area contributed by atoms with E-state index >= 15 is 0 Å². The molecule has 0 aromatic carbocycles. The predicted octanol–water partition coefficient (Wildman–Crippen LogP) is 2.32. The van der Waals surface area contributed by atoms with Crippen molar-refractivity contribution in [2.45, 2.75) is 19.4 Å². The molecule has 1 aromatic heterocycles. The molecule has 3 nitrogen and oxygen atoms in total. The van der Waals surface area contributed by atoms with Crippen LogP contribution in [-0.2, 0) is 0 Å². The number of rotatable bonds is 3. The minimum absolute atomic E-state index is 0.540. The zero-order chi connectivity index (χ0) is 10.7. The number of aryl methyl sites for hydroxylation is 1. The smallest absolute Gasteiger partial charge is 0.169 e. The Morgan fingerprint density at radius 3 is 3.07 bits per heavy atom. The third-order valence-electron chi connectivity index (χ3n) is 2.49. The van der Waals surface area contributed by atoms with Crippen molar-refractivity contribution in [2.75, 3.05) is 23.9 Å². The van der Waals surface area contributed by atoms with Gasteiger partial charge in [0.15, 0.2) is 11.6 Å². The van der Waals surface area contributed by atoms with Gasteiger partial charge in [0.25, 0.3) is 0 Å². The van der Waals surface area contributed by atoms with E-state index < -0.39 is 0 Å². The van der Waals surface area contributed by atoms with Crippen molar-refractivity contribution < 1.29 is 4.74 Å². The standard InChI is InChI=1S/C11H16N2OS/c1-8-3-4-10(14-2)11(12-8)13-9-5-6-15-7-9/h3-4,9H,5-7H2,1-2H3,(H,12,13). The molecule has 1 atom stereocenters. The van der Waals surface area contributed by atoms with Crippen molar-refractivity contribution in [3.05, 3.63) is 17.8 Å². The lowest BCUT2D eigenvalue weighted by Gasteiger charge is -2.15. The lowest BCUT2D eigenvalue weighted by molar-refractivity contribution is 0.414. The van der Waals surface area contributed by atoms with E-state index in [2.05, 4.69) is 10.3 Å². The van der Waals surface area contributed by atoms with Crippen molar-refractivity contribution in [1.82, 2.24) is 4.98 Å². The van der Waals surface area contributed by atoms with Gasteiger partial charge in [0.2, 0.25) is 0 Å². The molecular weight excluding hydrogens is 208 g/mol. The van der Waals surface area contributed by atoms with E-state index in [-0.39, 0.29) is 0 Å². The maximum Gasteiger partial charge on any atom is 0.169 e. The first-order chi connectivity index (χ1) is 7.29. The van der Waals surface area contributed by atoms with Crippen LogP contribution in [0.1, 0.15) is 12.1 Å². The summed E-state index contributed by atoms with van der Waals surface area (Å²) in [4.78, 5) is 4.46. The van der Waals surface area contributed by atoms with Crippen LogP contribution in [0, 0.1) is 6.92 Å². The molecule has 0 aliphatic carbocycles. The molecule has 0 radical (unpaired) electrons. The molecule has 2 heterocycles. The Labute approximate surface area is 94.6 Å². The van der Waals surface area contributed by atoms with Gasteiger partial charge in [-0.2, -0.15) is 11.8 Å². The Kier molecular flexibility index (Phi) is 3.36. The summed E-state index contributed by atoms with van der Waals surface area (Å²) >= 11 is 1.99. The van der Waals surface area contributed by atoms with Crippen molar-refractivity contribution >= 4 is 17.6 Å². The molecule has 1 aliphatic heterocycles. The van der Waals surface area contributed by atoms with Crippen LogP contribution in [0.2, 0.25) is 0 Å². The highest BCUT2D eigenvalue weighted by atomic mass is 32.2. The fourth-order valence-corrected chi connectivity index (χ4v) is 2.81. The highest BCUT2D eigenvalue weighted by Crippen LogP contribution is 2.26. The predicted molar refractivity (Wildman–Crippen MR) is 64.9 cm³/mol. The average molecular weight is 224 g/mol. The Hall–Kier alpha value is -0.900. The number of hydrogen-bond donors (Lipinski definition) is 1. The van der Waals surface area contributed by atoms with E-state index in [0.29, 0.717) is 6.04 Å². The maximum absolute atomic E-state index is 5.28. The number of nitrogens with zero attached hydrogens (tertiary/aromatic N) is 1. The van der Waals surface area contributed by atoms with Gasteiger partial charge in [-0.05, 0) is 31.2 Å². The van der Waals surface area contributed by atoms with E-state index in [1.165, 1.54) is 17.9 Å². The largest absolute Gasteiger partial charge is 0.493 e. The first kappa shape index (κ1) is 10.6. The molecule has 1 aliphatic rings. The summed E-state index contributed by atoms with van der Waals surface area (Å²) in [5, 5.41) is 3.44. The van der Waals surface area contributed by atoms with Crippen molar-refractivity contribution in [2.24, 2.45) is 0 Å². The highest BCUT2D eigenvalue weighted by molar-refractivity contribution is 7.99. The summed E-state index contributed by atoms with van der Waals surface area (Å²) < 4.78 is 5.28. The van der Waals surface area contributed by atoms with Crippen LogP contribution in [0.4, 0.5) is 5.82 Å². The van der Waals surface area contributed by atoms with Gasteiger partial charge in [0.1, 0.15) is 0 Å². The third-order valence-corrected chi connectivity index (χ3v) is 3.65. The molecule has 82 valence electrons. The zero-order valence-corrected chi connectivity index (χ0v) is 9.93. The molecule has 2 rings (SSSR count). The molecule has 1 unspecified atom stereocenters. The fraction of sp³-hybridized carbons (Fsp3) is 0.545. The average Bonchev–Trinajstić information content (AvgIpc) is 2.71. The minimum Gasteiger partial charge on any atom is -0.493 e. The number of methoxy groups -OCH3 is 1. The number of aromatic nitrogens is 1. The molecule has 0 amide bonds. The number of anilines is 1. The minimum atomic E-state index is 0.540. The SMILES string of the molecule is COc1ccc(C)nc1NC1CCSC1. The van der Waals surface area contributed by atoms with Crippen molar-refractivity contribution in [3.8, 4) is 5.75 Å². The number of pyridine rings is 1. The molecule has 15 heavy (non-hydrogen) atoms. The van der Waals surface area contributed by atoms with Gasteiger partial charge in [-0.15, -0.1) is 0 Å². The number of hydrogen-bond acceptors (Lipinski definition) is 4. The highest BCUT2D eigenvalue weighted by Gasteiger charge is 2.17. The second-order valence-electron chi connectivity index (χ2n) is 3.71. The Bertz CT molecular complexity index is 337. The number of ether oxygens (including phenoxy) is 1. The number of thioether (sulfide) groups is 1. The summed E-state index contributed by atoms with van der Waals surface area (Å²) in [6.45, 7) is 1.99. The lowest BCUT2D eigenvalue weighted by atomic mass is 10.2. The van der Waals surface area contributed by atoms with Gasteiger partial charge in [0, 0.05) is 17.5 Å². The quantitative estimate of drug-likeness (QED) is 0.854. The van der Waals surface area contributed by atoms with Gasteiger partial charge in [-0.3, -0.25) is 0 Å². The van der Waals surface area contributed by atoms with Crippen LogP contribution in [0.15, 0.2) is 12.1 Å². The van der Waals surface area contributed by atoms with Gasteiger partial charge in [-0.1, -0.05) is 0 Å². The lowest BCUT2D eigenvalue weighted by Crippen LogP contribution is -2.19. The summed E-state index contributed by atoms with van der Waals surface area (Å²) in [6, 6.07) is 4.47. The Balaban J connectivity index is 2.14. The van der Waals surface area contributed by atoms with Crippen LogP contribution < -0.4 is 10.1 Å². The summed E-state index contributed by atoms with van der Waals surface area (Å²) in [7, 11) is 1.68. The van der Waals surface area contributed by atoms with E-state index in [0.717, 1.165) is 17.3 Å². The molecule has 1 aromatic rings. The van der Waals surface area contributed by atoms with Gasteiger partial charge >= 0.3 is 0 Å². The maximum atomic E-state index is 5.28. The first-order valence-corrected chi connectivity index (χ1v) is 6.31. The number of nitrogens with one attached hydrogen (secondary N) is 1. The Morgan fingerprint density at radius 1 is 1.53 bits per heavy atom. The van der Waals surface area contributed by atoms with Crippen LogP contribution in [0.25, 0.3) is 0 Å². The molecule has 4 heteroatoms. The molecule has 1 N–H and O–H groups in total. The van der Waals surface area contributed by atoms with Gasteiger partial charge in [-0.25, -0.2) is 4.98 Å².